The highest BCUT2D eigenvalue weighted by molar-refractivity contribution is 5.82. The highest BCUT2D eigenvalue weighted by Gasteiger charge is 2.24. The normalized spacial score (nSPS) is 15.5. The third-order valence-electron chi connectivity index (χ3n) is 4.09. The molecule has 3 rings (SSSR count). The number of rotatable bonds is 5. The fourth-order valence-electron chi connectivity index (χ4n) is 2.89. The van der Waals surface area contributed by atoms with E-state index in [1.807, 2.05) is 12.1 Å². The van der Waals surface area contributed by atoms with Crippen molar-refractivity contribution in [3.8, 4) is 11.5 Å². The molecule has 21 heavy (non-hydrogen) atoms. The van der Waals surface area contributed by atoms with Crippen LogP contribution in [-0.2, 0) is 17.6 Å². The summed E-state index contributed by atoms with van der Waals surface area (Å²) in [6.07, 6.45) is 7.12. The predicted molar refractivity (Wildman–Crippen MR) is 77.6 cm³/mol. The highest BCUT2D eigenvalue weighted by Crippen LogP contribution is 2.26. The van der Waals surface area contributed by atoms with Gasteiger partial charge in [-0.15, -0.1) is 0 Å². The Morgan fingerprint density at radius 3 is 2.95 bits per heavy atom. The van der Waals surface area contributed by atoms with Gasteiger partial charge in [-0.05, 0) is 30.9 Å². The van der Waals surface area contributed by atoms with Crippen molar-refractivity contribution in [3.63, 3.8) is 0 Å². The smallest absolute Gasteiger partial charge is 0.234 e. The summed E-state index contributed by atoms with van der Waals surface area (Å²) in [7, 11) is 0. The lowest BCUT2D eigenvalue weighted by Crippen LogP contribution is -2.13. The second kappa shape index (κ2) is 6.16. The molecule has 2 aromatic rings. The van der Waals surface area contributed by atoms with Crippen LogP contribution in [0.2, 0.25) is 0 Å². The van der Waals surface area contributed by atoms with Gasteiger partial charge in [-0.3, -0.25) is 9.78 Å². The van der Waals surface area contributed by atoms with E-state index >= 15 is 0 Å². The zero-order valence-electron chi connectivity index (χ0n) is 12.2. The summed E-state index contributed by atoms with van der Waals surface area (Å²) in [6, 6.07) is 3.90. The molecule has 1 fully saturated rings. The maximum absolute atomic E-state index is 12.1. The molecule has 0 unspecified atom stereocenters. The van der Waals surface area contributed by atoms with Crippen molar-refractivity contribution >= 4 is 5.78 Å². The Kier molecular flexibility index (Phi) is 4.08. The first-order valence-corrected chi connectivity index (χ1v) is 7.57. The second-order valence-corrected chi connectivity index (χ2v) is 5.50. The van der Waals surface area contributed by atoms with Gasteiger partial charge in [0, 0.05) is 12.1 Å². The van der Waals surface area contributed by atoms with Crippen LogP contribution in [-0.4, -0.2) is 20.9 Å². The fourth-order valence-corrected chi connectivity index (χ4v) is 2.89. The maximum atomic E-state index is 12.1. The minimum Gasteiger partial charge on any atom is -0.338 e. The molecule has 2 heterocycles. The summed E-state index contributed by atoms with van der Waals surface area (Å²) in [4.78, 5) is 20.8. The Morgan fingerprint density at radius 2 is 2.19 bits per heavy atom. The van der Waals surface area contributed by atoms with Gasteiger partial charge >= 0.3 is 0 Å². The summed E-state index contributed by atoms with van der Waals surface area (Å²) in [5.41, 5.74) is 1.82. The molecular weight excluding hydrogens is 266 g/mol. The highest BCUT2D eigenvalue weighted by atomic mass is 16.5. The Bertz CT molecular complexity index is 630. The molecule has 2 aromatic heterocycles. The predicted octanol–water partition coefficient (Wildman–Crippen LogP) is 3.00. The van der Waals surface area contributed by atoms with E-state index in [0.717, 1.165) is 43.4 Å². The molecule has 110 valence electrons. The van der Waals surface area contributed by atoms with Crippen molar-refractivity contribution in [3.05, 3.63) is 29.8 Å². The standard InChI is InChI=1S/C16H19N3O2/c1-2-11-8-5-9-17-15(11)16-18-14(21-19-16)10-13(20)12-6-3-4-7-12/h5,8-9,12H,2-4,6-7,10H2,1H3. The Hall–Kier alpha value is -2.04. The van der Waals surface area contributed by atoms with Crippen molar-refractivity contribution in [2.24, 2.45) is 5.92 Å². The van der Waals surface area contributed by atoms with Crippen LogP contribution in [0.4, 0.5) is 0 Å². The molecular formula is C16H19N3O2. The van der Waals surface area contributed by atoms with Crippen LogP contribution in [0.15, 0.2) is 22.9 Å². The molecule has 0 N–H and O–H groups in total. The average molecular weight is 285 g/mol. The third-order valence-corrected chi connectivity index (χ3v) is 4.09. The van der Waals surface area contributed by atoms with Crippen molar-refractivity contribution < 1.29 is 9.32 Å². The van der Waals surface area contributed by atoms with Crippen LogP contribution in [0.1, 0.15) is 44.1 Å². The summed E-state index contributed by atoms with van der Waals surface area (Å²) < 4.78 is 5.23. The van der Waals surface area contributed by atoms with E-state index in [0.29, 0.717) is 11.7 Å². The molecule has 1 saturated carbocycles. The molecule has 0 bridgehead atoms. The number of carbonyl (C=O) groups excluding carboxylic acids is 1. The summed E-state index contributed by atoms with van der Waals surface area (Å²) in [5.74, 6) is 1.28. The molecule has 0 radical (unpaired) electrons. The monoisotopic (exact) mass is 285 g/mol. The number of hydrogen-bond donors (Lipinski definition) is 0. The number of nitrogens with zero attached hydrogens (tertiary/aromatic N) is 3. The SMILES string of the molecule is CCc1cccnc1-c1noc(CC(=O)C2CCCC2)n1. The first kappa shape index (κ1) is 13.9. The molecule has 5 heteroatoms. The van der Waals surface area contributed by atoms with Gasteiger partial charge in [0.2, 0.25) is 11.7 Å². The van der Waals surface area contributed by atoms with Crippen LogP contribution in [0.25, 0.3) is 11.5 Å². The van der Waals surface area contributed by atoms with E-state index in [4.69, 9.17) is 4.52 Å². The van der Waals surface area contributed by atoms with Crippen molar-refractivity contribution in [2.45, 2.75) is 45.4 Å². The van der Waals surface area contributed by atoms with E-state index in [2.05, 4.69) is 22.0 Å². The van der Waals surface area contributed by atoms with Crippen LogP contribution in [0.5, 0.6) is 0 Å². The molecule has 0 aromatic carbocycles. The quantitative estimate of drug-likeness (QED) is 0.844. The minimum absolute atomic E-state index is 0.182. The lowest BCUT2D eigenvalue weighted by atomic mass is 10.0. The fraction of sp³-hybridized carbons (Fsp3) is 0.500. The van der Waals surface area contributed by atoms with E-state index in [1.54, 1.807) is 6.20 Å². The van der Waals surface area contributed by atoms with Crippen molar-refractivity contribution in [1.82, 2.24) is 15.1 Å². The number of pyridine rings is 1. The third kappa shape index (κ3) is 3.01. The Morgan fingerprint density at radius 1 is 1.38 bits per heavy atom. The summed E-state index contributed by atoms with van der Waals surface area (Å²) in [6.45, 7) is 2.06. The zero-order valence-corrected chi connectivity index (χ0v) is 12.2. The molecule has 5 nitrogen and oxygen atoms in total. The van der Waals surface area contributed by atoms with E-state index in [1.165, 1.54) is 0 Å². The lowest BCUT2D eigenvalue weighted by molar-refractivity contribution is -0.122. The number of carbonyl (C=O) groups is 1. The maximum Gasteiger partial charge on any atom is 0.234 e. The zero-order chi connectivity index (χ0) is 14.7. The van der Waals surface area contributed by atoms with Gasteiger partial charge in [0.15, 0.2) is 0 Å². The van der Waals surface area contributed by atoms with E-state index in [-0.39, 0.29) is 18.1 Å². The molecule has 1 aliphatic rings. The van der Waals surface area contributed by atoms with Gasteiger partial charge in [-0.2, -0.15) is 4.98 Å². The van der Waals surface area contributed by atoms with Gasteiger partial charge in [-0.25, -0.2) is 0 Å². The minimum atomic E-state index is 0.182. The first-order valence-electron chi connectivity index (χ1n) is 7.57. The second-order valence-electron chi connectivity index (χ2n) is 5.50. The molecule has 0 amide bonds. The van der Waals surface area contributed by atoms with E-state index < -0.39 is 0 Å². The number of Topliss-reactive ketones (excluding diaryl/α,β-unsaturated/α-hetero) is 1. The van der Waals surface area contributed by atoms with Crippen molar-refractivity contribution in [2.75, 3.05) is 0 Å². The van der Waals surface area contributed by atoms with Gasteiger partial charge < -0.3 is 4.52 Å². The van der Waals surface area contributed by atoms with Gasteiger partial charge in [0.1, 0.15) is 11.5 Å². The van der Waals surface area contributed by atoms with E-state index in [9.17, 15) is 4.79 Å². The average Bonchev–Trinajstić information content (AvgIpc) is 3.18. The number of aryl methyl sites for hydroxylation is 1. The molecule has 1 aliphatic carbocycles. The van der Waals surface area contributed by atoms with Crippen LogP contribution >= 0.6 is 0 Å². The van der Waals surface area contributed by atoms with Crippen molar-refractivity contribution in [1.29, 1.82) is 0 Å². The summed E-state index contributed by atoms with van der Waals surface area (Å²) >= 11 is 0. The lowest BCUT2D eigenvalue weighted by Gasteiger charge is -2.04. The topological polar surface area (TPSA) is 68.9 Å². The summed E-state index contributed by atoms with van der Waals surface area (Å²) in [5, 5.41) is 3.97. The Labute approximate surface area is 123 Å². The molecule has 0 aliphatic heterocycles. The molecule has 0 spiro atoms. The Balaban J connectivity index is 1.75. The number of ketones is 1. The first-order chi connectivity index (χ1) is 10.3. The number of hydrogen-bond acceptors (Lipinski definition) is 5. The van der Waals surface area contributed by atoms with Gasteiger partial charge in [0.25, 0.3) is 0 Å². The number of aromatic nitrogens is 3. The van der Waals surface area contributed by atoms with Crippen LogP contribution < -0.4 is 0 Å². The van der Waals surface area contributed by atoms with Crippen LogP contribution in [0, 0.1) is 5.92 Å². The molecule has 0 atom stereocenters. The largest absolute Gasteiger partial charge is 0.338 e. The van der Waals surface area contributed by atoms with Gasteiger partial charge in [0.05, 0.1) is 6.42 Å². The molecule has 0 saturated heterocycles. The van der Waals surface area contributed by atoms with Crippen LogP contribution in [0.3, 0.4) is 0 Å². The van der Waals surface area contributed by atoms with Gasteiger partial charge in [-0.1, -0.05) is 31.0 Å².